The van der Waals surface area contributed by atoms with E-state index in [0.29, 0.717) is 5.69 Å². The lowest BCUT2D eigenvalue weighted by Crippen LogP contribution is -2.17. The molecule has 76 valence electrons. The first-order valence-electron chi connectivity index (χ1n) is 4.63. The Morgan fingerprint density at radius 1 is 1.50 bits per heavy atom. The zero-order chi connectivity index (χ0) is 10.7. The second-order valence-electron chi connectivity index (χ2n) is 3.69. The molecule has 14 heavy (non-hydrogen) atoms. The van der Waals surface area contributed by atoms with Crippen LogP contribution in [0.3, 0.4) is 0 Å². The highest BCUT2D eigenvalue weighted by Crippen LogP contribution is 2.08. The number of aryl methyl sites for hydroxylation is 1. The number of hydrogen-bond acceptors (Lipinski definition) is 3. The van der Waals surface area contributed by atoms with Gasteiger partial charge in [0.2, 0.25) is 0 Å². The summed E-state index contributed by atoms with van der Waals surface area (Å²) in [4.78, 5) is 6.47. The van der Waals surface area contributed by atoms with Crippen LogP contribution in [0.4, 0.5) is 0 Å². The molecule has 1 rings (SSSR count). The van der Waals surface area contributed by atoms with E-state index in [0.717, 1.165) is 24.5 Å². The monoisotopic (exact) mass is 192 g/mol. The molecule has 0 saturated heterocycles. The summed E-state index contributed by atoms with van der Waals surface area (Å²) in [5, 5.41) is 8.87. The van der Waals surface area contributed by atoms with Crippen molar-refractivity contribution in [1.82, 2.24) is 14.5 Å². The van der Waals surface area contributed by atoms with Crippen LogP contribution in [-0.4, -0.2) is 35.1 Å². The van der Waals surface area contributed by atoms with Crippen molar-refractivity contribution in [3.05, 3.63) is 17.2 Å². The summed E-state index contributed by atoms with van der Waals surface area (Å²) < 4.78 is 1.87. The highest BCUT2D eigenvalue weighted by Gasteiger charge is 2.10. The molecular formula is C10H16N4. The van der Waals surface area contributed by atoms with Gasteiger partial charge in [-0.2, -0.15) is 5.26 Å². The Balaban J connectivity index is 2.85. The van der Waals surface area contributed by atoms with E-state index in [4.69, 9.17) is 5.26 Å². The van der Waals surface area contributed by atoms with Crippen LogP contribution in [0, 0.1) is 18.3 Å². The molecule has 0 aliphatic heterocycles. The predicted molar refractivity (Wildman–Crippen MR) is 54.9 cm³/mol. The number of nitriles is 1. The van der Waals surface area contributed by atoms with Crippen LogP contribution in [0.25, 0.3) is 0 Å². The summed E-state index contributed by atoms with van der Waals surface area (Å²) in [6, 6.07) is 2.16. The minimum Gasteiger partial charge on any atom is -0.323 e. The van der Waals surface area contributed by atoms with Crippen molar-refractivity contribution in [1.29, 1.82) is 5.26 Å². The number of aromatic nitrogens is 2. The lowest BCUT2D eigenvalue weighted by atomic mass is 10.4. The van der Waals surface area contributed by atoms with Gasteiger partial charge in [-0.1, -0.05) is 0 Å². The topological polar surface area (TPSA) is 44.9 Å². The maximum Gasteiger partial charge on any atom is 0.142 e. The van der Waals surface area contributed by atoms with Crippen LogP contribution in [-0.2, 0) is 13.5 Å². The molecule has 0 spiro atoms. The Kier molecular flexibility index (Phi) is 3.26. The van der Waals surface area contributed by atoms with Crippen molar-refractivity contribution >= 4 is 0 Å². The van der Waals surface area contributed by atoms with E-state index in [2.05, 4.69) is 16.0 Å². The fourth-order valence-corrected chi connectivity index (χ4v) is 1.40. The smallest absolute Gasteiger partial charge is 0.142 e. The molecule has 0 fully saturated rings. The molecule has 1 aromatic heterocycles. The third-order valence-corrected chi connectivity index (χ3v) is 2.25. The van der Waals surface area contributed by atoms with Crippen molar-refractivity contribution in [2.45, 2.75) is 13.3 Å². The second kappa shape index (κ2) is 4.25. The van der Waals surface area contributed by atoms with Gasteiger partial charge in [0.05, 0.1) is 5.69 Å². The van der Waals surface area contributed by atoms with Crippen LogP contribution in [0.2, 0.25) is 0 Å². The lowest BCUT2D eigenvalue weighted by molar-refractivity contribution is 0.407. The molecule has 0 bridgehead atoms. The largest absolute Gasteiger partial charge is 0.323 e. The SMILES string of the molecule is Cc1nc(CCN(C)C)n(C)c1C#N. The van der Waals surface area contributed by atoms with Crippen LogP contribution >= 0.6 is 0 Å². The molecule has 0 aliphatic carbocycles. The minimum absolute atomic E-state index is 0.666. The van der Waals surface area contributed by atoms with E-state index in [9.17, 15) is 0 Å². The van der Waals surface area contributed by atoms with E-state index in [1.165, 1.54) is 0 Å². The van der Waals surface area contributed by atoms with Crippen molar-refractivity contribution in [3.63, 3.8) is 0 Å². The number of imidazole rings is 1. The Morgan fingerprint density at radius 3 is 2.57 bits per heavy atom. The van der Waals surface area contributed by atoms with Gasteiger partial charge in [0.25, 0.3) is 0 Å². The van der Waals surface area contributed by atoms with E-state index in [1.54, 1.807) is 0 Å². The molecule has 0 aromatic carbocycles. The molecular weight excluding hydrogens is 176 g/mol. The molecule has 0 aliphatic rings. The molecule has 1 heterocycles. The average Bonchev–Trinajstić information content (AvgIpc) is 2.38. The van der Waals surface area contributed by atoms with Crippen LogP contribution in [0.5, 0.6) is 0 Å². The first-order valence-corrected chi connectivity index (χ1v) is 4.63. The van der Waals surface area contributed by atoms with Gasteiger partial charge < -0.3 is 9.47 Å². The van der Waals surface area contributed by atoms with Crippen LogP contribution in [0.1, 0.15) is 17.2 Å². The summed E-state index contributed by atoms with van der Waals surface area (Å²) in [6.07, 6.45) is 0.881. The number of likely N-dealkylation sites (N-methyl/N-ethyl adjacent to an activating group) is 1. The summed E-state index contributed by atoms with van der Waals surface area (Å²) in [6.45, 7) is 2.83. The highest BCUT2D eigenvalue weighted by atomic mass is 15.1. The number of rotatable bonds is 3. The molecule has 4 nitrogen and oxygen atoms in total. The van der Waals surface area contributed by atoms with Crippen molar-refractivity contribution in [2.75, 3.05) is 20.6 Å². The van der Waals surface area contributed by atoms with E-state index >= 15 is 0 Å². The lowest BCUT2D eigenvalue weighted by Gasteiger charge is -2.08. The Bertz CT molecular complexity index is 357. The van der Waals surface area contributed by atoms with Crippen molar-refractivity contribution in [2.24, 2.45) is 7.05 Å². The Hall–Kier alpha value is -1.34. The van der Waals surface area contributed by atoms with Gasteiger partial charge in [-0.25, -0.2) is 4.98 Å². The van der Waals surface area contributed by atoms with E-state index < -0.39 is 0 Å². The zero-order valence-electron chi connectivity index (χ0n) is 9.20. The molecule has 0 radical (unpaired) electrons. The van der Waals surface area contributed by atoms with E-state index in [1.807, 2.05) is 32.6 Å². The molecule has 0 N–H and O–H groups in total. The van der Waals surface area contributed by atoms with Crippen LogP contribution < -0.4 is 0 Å². The highest BCUT2D eigenvalue weighted by molar-refractivity contribution is 5.28. The number of hydrogen-bond donors (Lipinski definition) is 0. The molecule has 0 atom stereocenters. The quantitative estimate of drug-likeness (QED) is 0.708. The normalized spacial score (nSPS) is 10.6. The summed E-state index contributed by atoms with van der Waals surface area (Å²) in [7, 11) is 5.95. The maximum absolute atomic E-state index is 8.87. The second-order valence-corrected chi connectivity index (χ2v) is 3.69. The average molecular weight is 192 g/mol. The van der Waals surface area contributed by atoms with Crippen molar-refractivity contribution < 1.29 is 0 Å². The molecule has 4 heteroatoms. The van der Waals surface area contributed by atoms with Crippen molar-refractivity contribution in [3.8, 4) is 6.07 Å². The van der Waals surface area contributed by atoms with Gasteiger partial charge in [-0.15, -0.1) is 0 Å². The van der Waals surface area contributed by atoms with Gasteiger partial charge in [0, 0.05) is 20.0 Å². The molecule has 0 unspecified atom stereocenters. The first kappa shape index (κ1) is 10.7. The summed E-state index contributed by atoms with van der Waals surface area (Å²) in [5.74, 6) is 0.979. The fourth-order valence-electron chi connectivity index (χ4n) is 1.40. The van der Waals surface area contributed by atoms with Gasteiger partial charge in [0.1, 0.15) is 17.6 Å². The Labute approximate surface area is 84.8 Å². The zero-order valence-corrected chi connectivity index (χ0v) is 9.20. The summed E-state index contributed by atoms with van der Waals surface area (Å²) in [5.41, 5.74) is 1.49. The van der Waals surface area contributed by atoms with Gasteiger partial charge in [-0.3, -0.25) is 0 Å². The van der Waals surface area contributed by atoms with E-state index in [-0.39, 0.29) is 0 Å². The Morgan fingerprint density at radius 2 is 2.14 bits per heavy atom. The molecule has 0 saturated carbocycles. The first-order chi connectivity index (χ1) is 6.56. The minimum atomic E-state index is 0.666. The third-order valence-electron chi connectivity index (χ3n) is 2.25. The van der Waals surface area contributed by atoms with Gasteiger partial charge in [0.15, 0.2) is 0 Å². The molecule has 1 aromatic rings. The van der Waals surface area contributed by atoms with Gasteiger partial charge in [-0.05, 0) is 21.0 Å². The number of nitrogens with zero attached hydrogens (tertiary/aromatic N) is 4. The van der Waals surface area contributed by atoms with Gasteiger partial charge >= 0.3 is 0 Å². The summed E-state index contributed by atoms with van der Waals surface area (Å²) >= 11 is 0. The fraction of sp³-hybridized carbons (Fsp3) is 0.600. The molecule has 0 amide bonds. The third kappa shape index (κ3) is 2.12. The maximum atomic E-state index is 8.87. The predicted octanol–water partition coefficient (Wildman–Crippen LogP) is 0.704. The standard InChI is InChI=1S/C10H16N4/c1-8-9(7-11)14(4)10(12-8)5-6-13(2)3/h5-6H2,1-4H3. The van der Waals surface area contributed by atoms with Crippen LogP contribution in [0.15, 0.2) is 0 Å².